The van der Waals surface area contributed by atoms with E-state index < -0.39 is 40.9 Å². The molecule has 0 aromatic heterocycles. The Balaban J connectivity index is 3.61. The topological polar surface area (TPSA) is 79.0 Å². The van der Waals surface area contributed by atoms with Gasteiger partial charge < -0.3 is 15.0 Å². The number of carbonyl (C=O) groups is 3. The van der Waals surface area contributed by atoms with Crippen LogP contribution >= 0.6 is 0 Å². The minimum Gasteiger partial charge on any atom is -0.462 e. The summed E-state index contributed by atoms with van der Waals surface area (Å²) in [5.41, 5.74) is -3.43. The Labute approximate surface area is 130 Å². The Kier molecular flexibility index (Phi) is 5.41. The fourth-order valence-corrected chi connectivity index (χ4v) is 1.79. The molecular weight excluding hydrogens is 319 g/mol. The molecule has 0 radical (unpaired) electrons. The van der Waals surface area contributed by atoms with Crippen molar-refractivity contribution in [2.45, 2.75) is 13.1 Å². The summed E-state index contributed by atoms with van der Waals surface area (Å²) in [5, 5.41) is 1.84. The third-order valence-electron chi connectivity index (χ3n) is 2.74. The minimum atomic E-state index is -5.06. The van der Waals surface area contributed by atoms with Crippen LogP contribution in [-0.2, 0) is 14.3 Å². The lowest BCUT2D eigenvalue weighted by molar-refractivity contribution is -0.140. The molecule has 0 saturated carbocycles. The summed E-state index contributed by atoms with van der Waals surface area (Å²) >= 11 is 0. The largest absolute Gasteiger partial charge is 0.462 e. The second-order valence-corrected chi connectivity index (χ2v) is 4.77. The van der Waals surface area contributed by atoms with Crippen molar-refractivity contribution in [3.8, 4) is 0 Å². The molecule has 1 heterocycles. The average Bonchev–Trinajstić information content (AvgIpc) is 2.64. The predicted molar refractivity (Wildman–Crippen MR) is 72.8 cm³/mol. The van der Waals surface area contributed by atoms with Crippen LogP contribution in [0, 0.1) is 0 Å². The van der Waals surface area contributed by atoms with Gasteiger partial charge in [-0.2, -0.15) is 13.2 Å². The Hall–Kier alpha value is -2.52. The molecule has 10 heteroatoms. The summed E-state index contributed by atoms with van der Waals surface area (Å²) in [4.78, 5) is 36.9. The Morgan fingerprint density at radius 2 is 1.91 bits per heavy atom. The number of carbonyl (C=O) groups excluding carboxylic acids is 3. The Morgan fingerprint density at radius 1 is 1.35 bits per heavy atom. The third kappa shape index (κ3) is 4.02. The summed E-state index contributed by atoms with van der Waals surface area (Å²) in [6, 6.07) is -1.01. The fraction of sp³-hybridized carbons (Fsp3) is 0.462. The van der Waals surface area contributed by atoms with Crippen LogP contribution in [0.5, 0.6) is 0 Å². The number of rotatable bonds is 4. The van der Waals surface area contributed by atoms with Crippen molar-refractivity contribution in [1.29, 1.82) is 0 Å². The van der Waals surface area contributed by atoms with Crippen molar-refractivity contribution in [3.05, 3.63) is 23.0 Å². The number of esters is 1. The molecule has 3 amide bonds. The minimum absolute atomic E-state index is 0.149. The highest BCUT2D eigenvalue weighted by atomic mass is 19.4. The number of nitrogens with one attached hydrogen (secondary N) is 1. The molecule has 1 aliphatic heterocycles. The van der Waals surface area contributed by atoms with E-state index in [0.717, 1.165) is 13.2 Å². The van der Waals surface area contributed by atoms with Gasteiger partial charge in [0.15, 0.2) is 0 Å². The first-order chi connectivity index (χ1) is 10.5. The van der Waals surface area contributed by atoms with Gasteiger partial charge in [0.25, 0.3) is 5.91 Å². The first kappa shape index (κ1) is 18.5. The highest BCUT2D eigenvalue weighted by Crippen LogP contribution is 2.35. The van der Waals surface area contributed by atoms with E-state index in [1.807, 2.05) is 5.32 Å². The van der Waals surface area contributed by atoms with Gasteiger partial charge in [-0.05, 0) is 6.92 Å². The van der Waals surface area contributed by atoms with Gasteiger partial charge in [0.1, 0.15) is 11.3 Å². The molecule has 128 valence electrons. The third-order valence-corrected chi connectivity index (χ3v) is 2.74. The van der Waals surface area contributed by atoms with E-state index in [1.54, 1.807) is 0 Å². The molecule has 23 heavy (non-hydrogen) atoms. The van der Waals surface area contributed by atoms with E-state index in [1.165, 1.54) is 25.9 Å². The van der Waals surface area contributed by atoms with Crippen molar-refractivity contribution in [2.24, 2.45) is 0 Å². The van der Waals surface area contributed by atoms with Crippen LogP contribution in [0.25, 0.3) is 0 Å². The number of amides is 3. The maximum atomic E-state index is 13.5. The number of alkyl halides is 3. The molecule has 1 aliphatic rings. The van der Waals surface area contributed by atoms with Crippen LogP contribution in [0.15, 0.2) is 23.0 Å². The number of hydrogen-bond donors (Lipinski definition) is 1. The van der Waals surface area contributed by atoms with Gasteiger partial charge in [-0.25, -0.2) is 9.59 Å². The summed E-state index contributed by atoms with van der Waals surface area (Å²) in [6.07, 6.45) is -4.18. The van der Waals surface area contributed by atoms with Gasteiger partial charge in [-0.15, -0.1) is 0 Å². The lowest BCUT2D eigenvalue weighted by atomic mass is 10.0. The Bertz CT molecular complexity index is 594. The number of nitrogens with zero attached hydrogens (tertiary/aromatic N) is 2. The van der Waals surface area contributed by atoms with Gasteiger partial charge in [-0.1, -0.05) is 0 Å². The van der Waals surface area contributed by atoms with Gasteiger partial charge in [0, 0.05) is 27.3 Å². The zero-order valence-corrected chi connectivity index (χ0v) is 12.9. The molecule has 0 bridgehead atoms. The van der Waals surface area contributed by atoms with Gasteiger partial charge in [0.05, 0.1) is 12.2 Å². The number of urea groups is 1. The normalized spacial score (nSPS) is 18.0. The highest BCUT2D eigenvalue weighted by Gasteiger charge is 2.47. The molecule has 7 nitrogen and oxygen atoms in total. The summed E-state index contributed by atoms with van der Waals surface area (Å²) in [6.45, 7) is 1.28. The van der Waals surface area contributed by atoms with E-state index in [9.17, 15) is 27.6 Å². The second kappa shape index (κ2) is 6.71. The van der Waals surface area contributed by atoms with Crippen molar-refractivity contribution in [1.82, 2.24) is 15.1 Å². The number of ether oxygens (including phenoxy) is 1. The lowest BCUT2D eigenvalue weighted by Crippen LogP contribution is -2.28. The van der Waals surface area contributed by atoms with Gasteiger partial charge >= 0.3 is 18.2 Å². The molecule has 0 aliphatic carbocycles. The maximum absolute atomic E-state index is 13.5. The van der Waals surface area contributed by atoms with Gasteiger partial charge in [-0.3, -0.25) is 9.69 Å². The maximum Gasteiger partial charge on any atom is 0.419 e. The average molecular weight is 335 g/mol. The second-order valence-electron chi connectivity index (χ2n) is 4.77. The quantitative estimate of drug-likeness (QED) is 0.471. The standard InChI is InChI=1S/C13H16F3N3O4/c1-5-23-11(21)7(6-18(2)3)8(13(14,15)16)9-10(20)19(4)12(22)17-9/h6H,5H2,1-4H3,(H,17,22)/b7-6+,9-8+. The highest BCUT2D eigenvalue weighted by molar-refractivity contribution is 6.13. The van der Waals surface area contributed by atoms with Crippen LogP contribution in [0.3, 0.4) is 0 Å². The molecule has 0 unspecified atom stereocenters. The summed E-state index contributed by atoms with van der Waals surface area (Å²) in [7, 11) is 3.83. The van der Waals surface area contributed by atoms with Crippen LogP contribution in [0.1, 0.15) is 6.92 Å². The summed E-state index contributed by atoms with van der Waals surface area (Å²) in [5.74, 6) is -2.44. The molecule has 0 spiro atoms. The van der Waals surface area contributed by atoms with E-state index in [2.05, 4.69) is 4.74 Å². The molecule has 1 fully saturated rings. The monoisotopic (exact) mass is 335 g/mol. The first-order valence-electron chi connectivity index (χ1n) is 6.46. The Morgan fingerprint density at radius 3 is 2.26 bits per heavy atom. The molecule has 0 atom stereocenters. The smallest absolute Gasteiger partial charge is 0.419 e. The molecule has 0 aromatic carbocycles. The molecule has 0 aromatic rings. The van der Waals surface area contributed by atoms with Crippen molar-refractivity contribution < 1.29 is 32.3 Å². The predicted octanol–water partition coefficient (Wildman–Crippen LogP) is 0.993. The van der Waals surface area contributed by atoms with E-state index in [-0.39, 0.29) is 6.61 Å². The number of hydrogen-bond acceptors (Lipinski definition) is 5. The zero-order chi connectivity index (χ0) is 17.9. The van der Waals surface area contributed by atoms with Crippen LogP contribution in [0.2, 0.25) is 0 Å². The van der Waals surface area contributed by atoms with Crippen molar-refractivity contribution in [3.63, 3.8) is 0 Å². The molecule has 1 saturated heterocycles. The number of halogens is 3. The van der Waals surface area contributed by atoms with E-state index in [0.29, 0.717) is 4.90 Å². The molecular formula is C13H16F3N3O4. The van der Waals surface area contributed by atoms with Crippen LogP contribution < -0.4 is 5.32 Å². The van der Waals surface area contributed by atoms with Crippen LogP contribution in [0.4, 0.5) is 18.0 Å². The van der Waals surface area contributed by atoms with Crippen molar-refractivity contribution in [2.75, 3.05) is 27.7 Å². The molecule has 1 rings (SSSR count). The molecule has 1 N–H and O–H groups in total. The number of likely N-dealkylation sites (N-methyl/N-ethyl adjacent to an activating group) is 1. The van der Waals surface area contributed by atoms with Crippen LogP contribution in [-0.4, -0.2) is 61.6 Å². The summed E-state index contributed by atoms with van der Waals surface area (Å²) < 4.78 is 45.0. The van der Waals surface area contributed by atoms with E-state index in [4.69, 9.17) is 0 Å². The lowest BCUT2D eigenvalue weighted by Gasteiger charge is -2.18. The SMILES string of the molecule is CCOC(=O)C(=C/N(C)C)/C(=C1\NC(=O)N(C)C1=O)C(F)(F)F. The van der Waals surface area contributed by atoms with Crippen molar-refractivity contribution >= 4 is 17.9 Å². The van der Waals surface area contributed by atoms with E-state index >= 15 is 0 Å². The first-order valence-corrected chi connectivity index (χ1v) is 6.46. The van der Waals surface area contributed by atoms with Gasteiger partial charge in [0.2, 0.25) is 0 Å². The zero-order valence-electron chi connectivity index (χ0n) is 12.9. The fourth-order valence-electron chi connectivity index (χ4n) is 1.79. The number of imide groups is 1.